The predicted molar refractivity (Wildman–Crippen MR) is 61.7 cm³/mol. The summed E-state index contributed by atoms with van der Waals surface area (Å²) >= 11 is 0. The molecule has 2 fully saturated rings. The summed E-state index contributed by atoms with van der Waals surface area (Å²) in [6.07, 6.45) is 4.39. The molecule has 86 valence electrons. The molecule has 0 amide bonds. The molecule has 3 atom stereocenters. The van der Waals surface area contributed by atoms with E-state index >= 15 is 0 Å². The Hall–Kier alpha value is -0.370. The molecule has 0 aromatic rings. The van der Waals surface area contributed by atoms with Crippen LogP contribution in [0.3, 0.4) is 0 Å². The summed E-state index contributed by atoms with van der Waals surface area (Å²) in [7, 11) is 2.17. The summed E-state index contributed by atoms with van der Waals surface area (Å²) in [6, 6.07) is 0.570. The van der Waals surface area contributed by atoms with Gasteiger partial charge in [-0.25, -0.2) is 0 Å². The summed E-state index contributed by atoms with van der Waals surface area (Å²) in [4.78, 5) is 14.4. The van der Waals surface area contributed by atoms with Crippen LogP contribution in [0.2, 0.25) is 0 Å². The summed E-state index contributed by atoms with van der Waals surface area (Å²) in [5, 5.41) is 0. The molecule has 1 saturated carbocycles. The van der Waals surface area contributed by atoms with E-state index in [4.69, 9.17) is 0 Å². The first-order valence-corrected chi connectivity index (χ1v) is 6.31. The van der Waals surface area contributed by atoms with Crippen LogP contribution in [0, 0.1) is 17.8 Å². The van der Waals surface area contributed by atoms with E-state index in [1.807, 2.05) is 0 Å². The summed E-state index contributed by atoms with van der Waals surface area (Å²) in [5.41, 5.74) is 0. The fraction of sp³-hybridized carbons (Fsp3) is 0.923. The van der Waals surface area contributed by atoms with Crippen molar-refractivity contribution >= 4 is 5.78 Å². The second kappa shape index (κ2) is 4.25. The van der Waals surface area contributed by atoms with Gasteiger partial charge in [-0.15, -0.1) is 0 Å². The van der Waals surface area contributed by atoms with Crippen molar-refractivity contribution in [1.29, 1.82) is 0 Å². The average molecular weight is 209 g/mol. The number of Topliss-reactive ketones (excluding diaryl/α,β-unsaturated/α-hetero) is 1. The monoisotopic (exact) mass is 209 g/mol. The van der Waals surface area contributed by atoms with Gasteiger partial charge < -0.3 is 4.90 Å². The highest BCUT2D eigenvalue weighted by molar-refractivity contribution is 5.82. The minimum Gasteiger partial charge on any atom is -0.303 e. The molecule has 2 aliphatic rings. The molecule has 1 aliphatic carbocycles. The minimum atomic E-state index is 0.373. The molecule has 2 nitrogen and oxygen atoms in total. The van der Waals surface area contributed by atoms with Gasteiger partial charge in [-0.05, 0) is 44.7 Å². The first-order valence-electron chi connectivity index (χ1n) is 6.31. The lowest BCUT2D eigenvalue weighted by molar-refractivity contribution is -0.127. The third kappa shape index (κ3) is 2.25. The number of hydrogen-bond donors (Lipinski definition) is 0. The molecule has 1 saturated heterocycles. The lowest BCUT2D eigenvalue weighted by Gasteiger charge is -2.34. The molecule has 0 bridgehead atoms. The van der Waals surface area contributed by atoms with Crippen LogP contribution in [0.25, 0.3) is 0 Å². The zero-order valence-electron chi connectivity index (χ0n) is 10.2. The van der Waals surface area contributed by atoms with Crippen LogP contribution >= 0.6 is 0 Å². The van der Waals surface area contributed by atoms with Gasteiger partial charge in [-0.1, -0.05) is 13.8 Å². The Morgan fingerprint density at radius 3 is 2.87 bits per heavy atom. The molecule has 3 unspecified atom stereocenters. The van der Waals surface area contributed by atoms with Crippen LogP contribution < -0.4 is 0 Å². The first kappa shape index (κ1) is 11.1. The number of nitrogens with zero attached hydrogens (tertiary/aromatic N) is 1. The van der Waals surface area contributed by atoms with Gasteiger partial charge in [0.25, 0.3) is 0 Å². The Balaban J connectivity index is 1.99. The van der Waals surface area contributed by atoms with Gasteiger partial charge in [0.1, 0.15) is 5.78 Å². The third-order valence-electron chi connectivity index (χ3n) is 4.17. The quantitative estimate of drug-likeness (QED) is 0.695. The van der Waals surface area contributed by atoms with Crippen molar-refractivity contribution in [3.05, 3.63) is 0 Å². The SMILES string of the molecule is CC(C)CC1CC2CCN(C)C2CC1=O. The highest BCUT2D eigenvalue weighted by Gasteiger charge is 2.40. The highest BCUT2D eigenvalue weighted by atomic mass is 16.1. The Kier molecular flexibility index (Phi) is 3.15. The second-order valence-electron chi connectivity index (χ2n) is 5.83. The summed E-state index contributed by atoms with van der Waals surface area (Å²) < 4.78 is 0. The Labute approximate surface area is 93.0 Å². The number of ketones is 1. The van der Waals surface area contributed by atoms with Gasteiger partial charge in [0.15, 0.2) is 0 Å². The maximum Gasteiger partial charge on any atom is 0.137 e. The van der Waals surface area contributed by atoms with Crippen molar-refractivity contribution in [2.75, 3.05) is 13.6 Å². The fourth-order valence-electron chi connectivity index (χ4n) is 3.35. The lowest BCUT2D eigenvalue weighted by atomic mass is 9.74. The first-order chi connectivity index (χ1) is 7.08. The Morgan fingerprint density at radius 1 is 1.47 bits per heavy atom. The number of hydrogen-bond acceptors (Lipinski definition) is 2. The fourth-order valence-corrected chi connectivity index (χ4v) is 3.35. The van der Waals surface area contributed by atoms with E-state index < -0.39 is 0 Å². The van der Waals surface area contributed by atoms with E-state index in [9.17, 15) is 4.79 Å². The van der Waals surface area contributed by atoms with Crippen LogP contribution in [0.15, 0.2) is 0 Å². The number of likely N-dealkylation sites (tertiary alicyclic amines) is 1. The van der Waals surface area contributed by atoms with Gasteiger partial charge in [0.05, 0.1) is 0 Å². The van der Waals surface area contributed by atoms with Gasteiger partial charge in [-0.2, -0.15) is 0 Å². The lowest BCUT2D eigenvalue weighted by Crippen LogP contribution is -2.39. The van der Waals surface area contributed by atoms with E-state index in [2.05, 4.69) is 25.8 Å². The molecule has 0 spiro atoms. The van der Waals surface area contributed by atoms with E-state index in [1.54, 1.807) is 0 Å². The topological polar surface area (TPSA) is 20.3 Å². The number of carbonyl (C=O) groups is 1. The molecule has 1 aliphatic heterocycles. The smallest absolute Gasteiger partial charge is 0.137 e. The predicted octanol–water partition coefficient (Wildman–Crippen LogP) is 2.33. The third-order valence-corrected chi connectivity index (χ3v) is 4.17. The molecule has 0 N–H and O–H groups in total. The molecule has 0 aromatic heterocycles. The van der Waals surface area contributed by atoms with Gasteiger partial charge >= 0.3 is 0 Å². The second-order valence-corrected chi connectivity index (χ2v) is 5.83. The van der Waals surface area contributed by atoms with Gasteiger partial charge in [-0.3, -0.25) is 4.79 Å². The molecule has 1 heterocycles. The Morgan fingerprint density at radius 2 is 2.20 bits per heavy atom. The van der Waals surface area contributed by atoms with Crippen LogP contribution in [-0.2, 0) is 4.79 Å². The molecule has 0 radical (unpaired) electrons. The average Bonchev–Trinajstić information content (AvgIpc) is 2.48. The standard InChI is InChI=1S/C13H23NO/c1-9(2)6-11-7-10-4-5-14(3)12(10)8-13(11)15/h9-12H,4-8H2,1-3H3. The van der Waals surface area contributed by atoms with E-state index in [1.165, 1.54) is 13.0 Å². The maximum absolute atomic E-state index is 12.0. The molecule has 2 heteroatoms. The number of rotatable bonds is 2. The molecular weight excluding hydrogens is 186 g/mol. The van der Waals surface area contributed by atoms with Crippen molar-refractivity contribution in [3.8, 4) is 0 Å². The van der Waals surface area contributed by atoms with Crippen molar-refractivity contribution in [1.82, 2.24) is 4.90 Å². The van der Waals surface area contributed by atoms with Crippen molar-refractivity contribution in [3.63, 3.8) is 0 Å². The van der Waals surface area contributed by atoms with Crippen molar-refractivity contribution in [2.45, 2.75) is 45.6 Å². The maximum atomic E-state index is 12.0. The molecule has 0 aromatic carbocycles. The van der Waals surface area contributed by atoms with Crippen molar-refractivity contribution in [2.24, 2.45) is 17.8 Å². The van der Waals surface area contributed by atoms with Crippen LogP contribution in [0.4, 0.5) is 0 Å². The zero-order chi connectivity index (χ0) is 11.0. The van der Waals surface area contributed by atoms with Crippen LogP contribution in [0.5, 0.6) is 0 Å². The highest BCUT2D eigenvalue weighted by Crippen LogP contribution is 2.38. The van der Waals surface area contributed by atoms with E-state index in [-0.39, 0.29) is 0 Å². The van der Waals surface area contributed by atoms with Crippen molar-refractivity contribution < 1.29 is 4.79 Å². The minimum absolute atomic E-state index is 0.373. The largest absolute Gasteiger partial charge is 0.303 e. The zero-order valence-corrected chi connectivity index (χ0v) is 10.2. The molecular formula is C13H23NO. The summed E-state index contributed by atoms with van der Waals surface area (Å²) in [5.74, 6) is 2.36. The van der Waals surface area contributed by atoms with Crippen LogP contribution in [0.1, 0.15) is 39.5 Å². The molecule has 15 heavy (non-hydrogen) atoms. The van der Waals surface area contributed by atoms with Gasteiger partial charge in [0, 0.05) is 18.4 Å². The van der Waals surface area contributed by atoms with E-state index in [0.29, 0.717) is 23.7 Å². The van der Waals surface area contributed by atoms with Crippen LogP contribution in [-0.4, -0.2) is 30.3 Å². The number of fused-ring (bicyclic) bond motifs is 1. The molecule has 2 rings (SSSR count). The van der Waals surface area contributed by atoms with Gasteiger partial charge in [0.2, 0.25) is 0 Å². The summed E-state index contributed by atoms with van der Waals surface area (Å²) in [6.45, 7) is 5.64. The number of carbonyl (C=O) groups excluding carboxylic acids is 1. The Bertz CT molecular complexity index is 249. The normalized spacial score (nSPS) is 37.3. The van der Waals surface area contributed by atoms with E-state index in [0.717, 1.165) is 25.2 Å².